The van der Waals surface area contributed by atoms with E-state index in [1.54, 1.807) is 0 Å². The van der Waals surface area contributed by atoms with E-state index in [0.29, 0.717) is 19.6 Å². The lowest BCUT2D eigenvalue weighted by Crippen LogP contribution is -2.56. The summed E-state index contributed by atoms with van der Waals surface area (Å²) in [5.74, 6) is 0.354. The summed E-state index contributed by atoms with van der Waals surface area (Å²) in [7, 11) is 0. The second-order valence-electron chi connectivity index (χ2n) is 6.81. The van der Waals surface area contributed by atoms with Crippen molar-refractivity contribution in [2.75, 3.05) is 29.4 Å². The molecule has 1 atom stereocenters. The van der Waals surface area contributed by atoms with E-state index in [4.69, 9.17) is 5.14 Å². The molecule has 1 aliphatic rings. The van der Waals surface area contributed by atoms with Crippen LogP contribution < -0.4 is 14.9 Å². The maximum absolute atomic E-state index is 13.0. The fourth-order valence-corrected chi connectivity index (χ4v) is 3.61. The van der Waals surface area contributed by atoms with Crippen LogP contribution in [-0.4, -0.2) is 35.6 Å². The van der Waals surface area contributed by atoms with E-state index in [1.807, 2.05) is 29.2 Å². The molecule has 1 aromatic heterocycles. The summed E-state index contributed by atoms with van der Waals surface area (Å²) < 4.78 is 39.0. The second kappa shape index (κ2) is 7.93. The van der Waals surface area contributed by atoms with Crippen LogP contribution in [0.5, 0.6) is 0 Å². The van der Waals surface area contributed by atoms with Gasteiger partial charge in [0.15, 0.2) is 0 Å². The average Bonchev–Trinajstić information content (AvgIpc) is 2.67. The molecule has 1 aliphatic heterocycles. The van der Waals surface area contributed by atoms with Crippen molar-refractivity contribution < 1.29 is 13.2 Å². The third kappa shape index (κ3) is 4.47. The van der Waals surface area contributed by atoms with Crippen molar-refractivity contribution in [1.29, 1.82) is 0 Å². The third-order valence-electron chi connectivity index (χ3n) is 4.70. The third-order valence-corrected chi connectivity index (χ3v) is 5.22. The van der Waals surface area contributed by atoms with Crippen molar-refractivity contribution in [2.45, 2.75) is 31.0 Å². The molecule has 1 unspecified atom stereocenters. The smallest absolute Gasteiger partial charge is 0.368 e. The fraction of sp³-hybridized carbons (Fsp3) is 0.444. The van der Waals surface area contributed by atoms with E-state index in [9.17, 15) is 13.2 Å². The van der Waals surface area contributed by atoms with Gasteiger partial charge in [-0.1, -0.05) is 19.9 Å². The van der Waals surface area contributed by atoms with Gasteiger partial charge in [-0.25, -0.2) is 9.97 Å². The van der Waals surface area contributed by atoms with Crippen LogP contribution in [0.2, 0.25) is 0 Å². The van der Waals surface area contributed by atoms with Crippen molar-refractivity contribution in [1.82, 2.24) is 9.97 Å². The molecule has 0 saturated carbocycles. The Hall–Kier alpha value is -2.00. The fourth-order valence-electron chi connectivity index (χ4n) is 3.26. The van der Waals surface area contributed by atoms with Gasteiger partial charge in [-0.05, 0) is 42.1 Å². The Balaban J connectivity index is 1.85. The number of halogens is 3. The molecule has 1 fully saturated rings. The molecule has 0 amide bonds. The van der Waals surface area contributed by atoms with Crippen LogP contribution >= 0.6 is 11.9 Å². The highest BCUT2D eigenvalue weighted by Crippen LogP contribution is 2.31. The molecule has 27 heavy (non-hydrogen) atoms. The molecule has 2 aromatic rings. The SMILES string of the molecule is CC(C)C1CN(c2cccc(SN)c2)CCN1c1nccc(C(F)(F)F)n1. The van der Waals surface area contributed by atoms with Gasteiger partial charge in [0.1, 0.15) is 5.69 Å². The van der Waals surface area contributed by atoms with Crippen LogP contribution in [0.15, 0.2) is 41.4 Å². The van der Waals surface area contributed by atoms with Crippen LogP contribution in [0.25, 0.3) is 0 Å². The molecule has 1 aromatic carbocycles. The first-order valence-corrected chi connectivity index (χ1v) is 9.56. The number of rotatable bonds is 4. The minimum absolute atomic E-state index is 0.00332. The van der Waals surface area contributed by atoms with Crippen LogP contribution in [0.1, 0.15) is 19.5 Å². The maximum atomic E-state index is 13.0. The summed E-state index contributed by atoms with van der Waals surface area (Å²) in [5, 5.41) is 5.65. The lowest BCUT2D eigenvalue weighted by Gasteiger charge is -2.44. The van der Waals surface area contributed by atoms with Crippen LogP contribution in [0, 0.1) is 5.92 Å². The molecule has 0 aliphatic carbocycles. The standard InChI is InChI=1S/C18H22F3N5S/c1-12(2)15-11-25(13-4-3-5-14(10-13)27-22)8-9-26(15)17-23-7-6-16(24-17)18(19,20)21/h3-7,10,12,15H,8-9,11,22H2,1-2H3. The van der Waals surface area contributed by atoms with Crippen molar-refractivity contribution in [3.63, 3.8) is 0 Å². The van der Waals surface area contributed by atoms with Gasteiger partial charge in [0, 0.05) is 36.4 Å². The molecule has 2 N–H and O–H groups in total. The summed E-state index contributed by atoms with van der Waals surface area (Å²) in [6, 6.07) is 8.85. The molecular formula is C18H22F3N5S. The quantitative estimate of drug-likeness (QED) is 0.792. The Morgan fingerprint density at radius 2 is 2.00 bits per heavy atom. The van der Waals surface area contributed by atoms with Crippen molar-refractivity contribution in [2.24, 2.45) is 11.1 Å². The number of nitrogens with two attached hydrogens (primary N) is 1. The normalized spacial score (nSPS) is 18.3. The van der Waals surface area contributed by atoms with Gasteiger partial charge < -0.3 is 9.80 Å². The van der Waals surface area contributed by atoms with Gasteiger partial charge in [0.05, 0.1) is 6.04 Å². The number of aromatic nitrogens is 2. The van der Waals surface area contributed by atoms with Gasteiger partial charge in [-0.15, -0.1) is 0 Å². The molecule has 1 saturated heterocycles. The monoisotopic (exact) mass is 397 g/mol. The Bertz CT molecular complexity index is 784. The zero-order valence-electron chi connectivity index (χ0n) is 15.1. The molecule has 0 radical (unpaired) electrons. The molecular weight excluding hydrogens is 375 g/mol. The Morgan fingerprint density at radius 3 is 2.67 bits per heavy atom. The van der Waals surface area contributed by atoms with Gasteiger partial charge in [-0.3, -0.25) is 5.14 Å². The van der Waals surface area contributed by atoms with E-state index in [2.05, 4.69) is 28.7 Å². The highest BCUT2D eigenvalue weighted by atomic mass is 32.2. The lowest BCUT2D eigenvalue weighted by molar-refractivity contribution is -0.141. The summed E-state index contributed by atoms with van der Waals surface area (Å²) in [6.07, 6.45) is -3.30. The van der Waals surface area contributed by atoms with Crippen molar-refractivity contribution >= 4 is 23.6 Å². The minimum Gasteiger partial charge on any atom is -0.368 e. The second-order valence-corrected chi connectivity index (χ2v) is 7.51. The van der Waals surface area contributed by atoms with Gasteiger partial charge in [0.2, 0.25) is 5.95 Å². The summed E-state index contributed by atoms with van der Waals surface area (Å²) >= 11 is 1.19. The van der Waals surface area contributed by atoms with Gasteiger partial charge in [0.25, 0.3) is 0 Å². The van der Waals surface area contributed by atoms with Gasteiger partial charge in [-0.2, -0.15) is 13.2 Å². The van der Waals surface area contributed by atoms with E-state index >= 15 is 0 Å². The van der Waals surface area contributed by atoms with Crippen LogP contribution in [-0.2, 0) is 6.18 Å². The topological polar surface area (TPSA) is 58.3 Å². The number of nitrogens with zero attached hydrogens (tertiary/aromatic N) is 4. The number of alkyl halides is 3. The summed E-state index contributed by atoms with van der Waals surface area (Å²) in [4.78, 5) is 13.0. The van der Waals surface area contributed by atoms with Gasteiger partial charge >= 0.3 is 6.18 Å². The maximum Gasteiger partial charge on any atom is 0.433 e. The number of hydrogen-bond donors (Lipinski definition) is 1. The highest BCUT2D eigenvalue weighted by molar-refractivity contribution is 7.97. The number of benzene rings is 1. The number of anilines is 2. The highest BCUT2D eigenvalue weighted by Gasteiger charge is 2.35. The van der Waals surface area contributed by atoms with Crippen molar-refractivity contribution in [3.8, 4) is 0 Å². The molecule has 9 heteroatoms. The van der Waals surface area contributed by atoms with Crippen LogP contribution in [0.3, 0.4) is 0 Å². The molecule has 146 valence electrons. The molecule has 0 spiro atoms. The largest absolute Gasteiger partial charge is 0.433 e. The summed E-state index contributed by atoms with van der Waals surface area (Å²) in [6.45, 7) is 6.00. The Labute approximate surface area is 160 Å². The Kier molecular flexibility index (Phi) is 5.81. The predicted octanol–water partition coefficient (Wildman–Crippen LogP) is 3.81. The lowest BCUT2D eigenvalue weighted by atomic mass is 9.99. The zero-order valence-corrected chi connectivity index (χ0v) is 16.0. The van der Waals surface area contributed by atoms with E-state index < -0.39 is 11.9 Å². The molecule has 2 heterocycles. The molecule has 0 bridgehead atoms. The first-order chi connectivity index (χ1) is 12.8. The van der Waals surface area contributed by atoms with E-state index in [1.165, 1.54) is 18.1 Å². The van der Waals surface area contributed by atoms with Crippen LogP contribution in [0.4, 0.5) is 24.8 Å². The number of piperazine rings is 1. The first kappa shape index (κ1) is 19.8. The minimum atomic E-state index is -4.48. The Morgan fingerprint density at radius 1 is 1.22 bits per heavy atom. The van der Waals surface area contributed by atoms with E-state index in [0.717, 1.165) is 16.6 Å². The summed E-state index contributed by atoms with van der Waals surface area (Å²) in [5.41, 5.74) is 0.144. The molecule has 5 nitrogen and oxygen atoms in total. The first-order valence-electron chi connectivity index (χ1n) is 8.68. The van der Waals surface area contributed by atoms with E-state index in [-0.39, 0.29) is 17.9 Å². The number of hydrogen-bond acceptors (Lipinski definition) is 6. The average molecular weight is 397 g/mol. The molecule has 3 rings (SSSR count). The predicted molar refractivity (Wildman–Crippen MR) is 102 cm³/mol. The van der Waals surface area contributed by atoms with Crippen molar-refractivity contribution in [3.05, 3.63) is 42.2 Å². The zero-order chi connectivity index (χ0) is 19.6.